The molecule has 0 aliphatic rings. The Hall–Kier alpha value is -3.06. The lowest BCUT2D eigenvalue weighted by Crippen LogP contribution is -2.12. The van der Waals surface area contributed by atoms with E-state index in [0.29, 0.717) is 17.0 Å². The first-order chi connectivity index (χ1) is 12.6. The molecule has 0 unspecified atom stereocenters. The molecule has 0 aliphatic heterocycles. The predicted molar refractivity (Wildman–Crippen MR) is 103 cm³/mol. The third-order valence-corrected chi connectivity index (χ3v) is 4.44. The summed E-state index contributed by atoms with van der Waals surface area (Å²) in [5, 5.41) is 2.90. The molecule has 7 heteroatoms. The zero-order chi connectivity index (χ0) is 18.1. The highest BCUT2D eigenvalue weighted by molar-refractivity contribution is 9.10. The number of nitrogens with one attached hydrogen (secondary N) is 1. The molecule has 128 valence electrons. The number of imidazole rings is 1. The number of anilines is 1. The van der Waals surface area contributed by atoms with E-state index in [9.17, 15) is 4.79 Å². The summed E-state index contributed by atoms with van der Waals surface area (Å²) in [6.07, 6.45) is 6.81. The van der Waals surface area contributed by atoms with Crippen molar-refractivity contribution in [1.82, 2.24) is 19.4 Å². The van der Waals surface area contributed by atoms with Gasteiger partial charge in [-0.05, 0) is 47.1 Å². The molecular weight excluding hydrogens is 394 g/mol. The summed E-state index contributed by atoms with van der Waals surface area (Å²) in [5.74, 6) is 0.430. The largest absolute Gasteiger partial charge is 0.322 e. The average Bonchev–Trinajstić information content (AvgIpc) is 2.99. The van der Waals surface area contributed by atoms with Crippen LogP contribution in [0.4, 0.5) is 5.69 Å². The molecule has 26 heavy (non-hydrogen) atoms. The van der Waals surface area contributed by atoms with Crippen molar-refractivity contribution in [2.24, 2.45) is 0 Å². The van der Waals surface area contributed by atoms with Crippen molar-refractivity contribution in [2.45, 2.75) is 6.92 Å². The fraction of sp³-hybridized carbons (Fsp3) is 0.0526. The van der Waals surface area contributed by atoms with Gasteiger partial charge in [0.05, 0.1) is 11.3 Å². The van der Waals surface area contributed by atoms with Crippen LogP contribution in [0.1, 0.15) is 16.1 Å². The number of rotatable bonds is 3. The normalized spacial score (nSPS) is 10.8. The first kappa shape index (κ1) is 16.4. The van der Waals surface area contributed by atoms with E-state index in [2.05, 4.69) is 36.2 Å². The van der Waals surface area contributed by atoms with Crippen LogP contribution in [0.2, 0.25) is 0 Å². The van der Waals surface area contributed by atoms with Crippen LogP contribution in [0, 0.1) is 6.92 Å². The summed E-state index contributed by atoms with van der Waals surface area (Å²) in [4.78, 5) is 25.3. The Morgan fingerprint density at radius 3 is 2.88 bits per heavy atom. The maximum Gasteiger partial charge on any atom is 0.257 e. The van der Waals surface area contributed by atoms with Gasteiger partial charge in [-0.15, -0.1) is 0 Å². The number of hydrogen-bond donors (Lipinski definition) is 1. The van der Waals surface area contributed by atoms with Gasteiger partial charge in [0.15, 0.2) is 0 Å². The van der Waals surface area contributed by atoms with Crippen LogP contribution in [0.25, 0.3) is 17.0 Å². The number of aromatic nitrogens is 4. The number of carbonyl (C=O) groups is 1. The third-order valence-electron chi connectivity index (χ3n) is 4.00. The Morgan fingerprint density at radius 1 is 1.19 bits per heavy atom. The minimum absolute atomic E-state index is 0.218. The van der Waals surface area contributed by atoms with Crippen molar-refractivity contribution in [3.05, 3.63) is 76.9 Å². The first-order valence-corrected chi connectivity index (χ1v) is 8.73. The average molecular weight is 408 g/mol. The first-order valence-electron chi connectivity index (χ1n) is 7.94. The second-order valence-electron chi connectivity index (χ2n) is 5.76. The van der Waals surface area contributed by atoms with E-state index in [0.717, 1.165) is 21.4 Å². The number of hydrogen-bond acceptors (Lipinski definition) is 4. The van der Waals surface area contributed by atoms with Crippen LogP contribution >= 0.6 is 15.9 Å². The quantitative estimate of drug-likeness (QED) is 0.554. The Kier molecular flexibility index (Phi) is 4.22. The molecule has 6 nitrogen and oxygen atoms in total. The molecule has 4 aromatic rings. The van der Waals surface area contributed by atoms with Crippen molar-refractivity contribution in [2.75, 3.05) is 5.32 Å². The smallest absolute Gasteiger partial charge is 0.257 e. The van der Waals surface area contributed by atoms with Crippen molar-refractivity contribution in [1.29, 1.82) is 0 Å². The van der Waals surface area contributed by atoms with Gasteiger partial charge in [0, 0.05) is 46.2 Å². The molecule has 1 amide bonds. The Balaban J connectivity index is 1.66. The lowest BCUT2D eigenvalue weighted by Gasteiger charge is -2.07. The molecular formula is C19H14BrN5O. The van der Waals surface area contributed by atoms with Crippen LogP contribution < -0.4 is 5.32 Å². The van der Waals surface area contributed by atoms with Crippen LogP contribution in [0.15, 0.2) is 65.7 Å². The number of amides is 1. The highest BCUT2D eigenvalue weighted by Gasteiger charge is 2.12. The molecule has 0 radical (unpaired) electrons. The number of nitrogens with zero attached hydrogens (tertiary/aromatic N) is 4. The third kappa shape index (κ3) is 3.09. The summed E-state index contributed by atoms with van der Waals surface area (Å²) in [6.45, 7) is 2.00. The Labute approximate surface area is 158 Å². The van der Waals surface area contributed by atoms with E-state index < -0.39 is 0 Å². The highest BCUT2D eigenvalue weighted by Crippen LogP contribution is 2.26. The van der Waals surface area contributed by atoms with Crippen molar-refractivity contribution >= 4 is 33.3 Å². The molecule has 0 saturated heterocycles. The standard InChI is InChI=1S/C19H14BrN5O/c1-12-17(24-19-22-6-3-7-25(12)19)13-4-2-5-16(9-13)23-18(26)14-8-15(20)11-21-10-14/h2-11H,1H3,(H,23,26). The van der Waals surface area contributed by atoms with E-state index in [4.69, 9.17) is 0 Å². The molecule has 3 heterocycles. The van der Waals surface area contributed by atoms with Crippen molar-refractivity contribution in [3.63, 3.8) is 0 Å². The fourth-order valence-electron chi connectivity index (χ4n) is 2.76. The Bertz CT molecular complexity index is 1120. The maximum atomic E-state index is 12.4. The number of carbonyl (C=O) groups excluding carboxylic acids is 1. The summed E-state index contributed by atoms with van der Waals surface area (Å²) in [7, 11) is 0. The summed E-state index contributed by atoms with van der Waals surface area (Å²) in [5.41, 5.74) is 3.92. The minimum atomic E-state index is -0.218. The number of benzene rings is 1. The highest BCUT2D eigenvalue weighted by atomic mass is 79.9. The minimum Gasteiger partial charge on any atom is -0.322 e. The molecule has 0 fully saturated rings. The van der Waals surface area contributed by atoms with Gasteiger partial charge >= 0.3 is 0 Å². The van der Waals surface area contributed by atoms with Gasteiger partial charge in [0.2, 0.25) is 5.78 Å². The van der Waals surface area contributed by atoms with E-state index in [1.165, 1.54) is 6.20 Å². The van der Waals surface area contributed by atoms with Gasteiger partial charge in [-0.25, -0.2) is 9.97 Å². The van der Waals surface area contributed by atoms with Crippen LogP contribution in [0.5, 0.6) is 0 Å². The van der Waals surface area contributed by atoms with Gasteiger partial charge < -0.3 is 5.32 Å². The second kappa shape index (κ2) is 6.68. The van der Waals surface area contributed by atoms with E-state index in [1.54, 1.807) is 18.5 Å². The molecule has 0 bridgehead atoms. The lowest BCUT2D eigenvalue weighted by molar-refractivity contribution is 0.102. The lowest BCUT2D eigenvalue weighted by atomic mass is 10.1. The van der Waals surface area contributed by atoms with Crippen LogP contribution in [-0.4, -0.2) is 25.3 Å². The summed E-state index contributed by atoms with van der Waals surface area (Å²) >= 11 is 3.32. The summed E-state index contributed by atoms with van der Waals surface area (Å²) in [6, 6.07) is 11.2. The number of aryl methyl sites for hydroxylation is 1. The Morgan fingerprint density at radius 2 is 2.08 bits per heavy atom. The van der Waals surface area contributed by atoms with Gasteiger partial charge in [-0.2, -0.15) is 0 Å². The molecule has 0 spiro atoms. The maximum absolute atomic E-state index is 12.4. The topological polar surface area (TPSA) is 72.2 Å². The van der Waals surface area contributed by atoms with Crippen LogP contribution in [0.3, 0.4) is 0 Å². The zero-order valence-corrected chi connectivity index (χ0v) is 15.4. The molecule has 1 aromatic carbocycles. The molecule has 3 aromatic heterocycles. The monoisotopic (exact) mass is 407 g/mol. The molecule has 4 rings (SSSR count). The predicted octanol–water partition coefficient (Wildman–Crippen LogP) is 4.11. The summed E-state index contributed by atoms with van der Waals surface area (Å²) < 4.78 is 2.69. The number of halogens is 1. The van der Waals surface area contributed by atoms with Crippen molar-refractivity contribution in [3.8, 4) is 11.3 Å². The fourth-order valence-corrected chi connectivity index (χ4v) is 3.12. The van der Waals surface area contributed by atoms with E-state index in [1.807, 2.05) is 47.9 Å². The molecule has 1 N–H and O–H groups in total. The number of fused-ring (bicyclic) bond motifs is 1. The van der Waals surface area contributed by atoms with Gasteiger partial charge in [-0.3, -0.25) is 14.2 Å². The molecule has 0 atom stereocenters. The molecule has 0 saturated carbocycles. The zero-order valence-electron chi connectivity index (χ0n) is 13.8. The van der Waals surface area contributed by atoms with E-state index >= 15 is 0 Å². The van der Waals surface area contributed by atoms with Gasteiger partial charge in [0.1, 0.15) is 0 Å². The molecule has 0 aliphatic carbocycles. The SMILES string of the molecule is Cc1c(-c2cccc(NC(=O)c3cncc(Br)c3)c2)nc2ncccn12. The van der Waals surface area contributed by atoms with E-state index in [-0.39, 0.29) is 5.91 Å². The second-order valence-corrected chi connectivity index (χ2v) is 6.68. The van der Waals surface area contributed by atoms with Gasteiger partial charge in [0.25, 0.3) is 5.91 Å². The van der Waals surface area contributed by atoms with Crippen molar-refractivity contribution < 1.29 is 4.79 Å². The number of pyridine rings is 1. The van der Waals surface area contributed by atoms with Crippen LogP contribution in [-0.2, 0) is 0 Å². The van der Waals surface area contributed by atoms with Gasteiger partial charge in [-0.1, -0.05) is 12.1 Å².